The van der Waals surface area contributed by atoms with E-state index < -0.39 is 11.9 Å². The highest BCUT2D eigenvalue weighted by Gasteiger charge is 2.57. The molecule has 4 aliphatic rings. The second kappa shape index (κ2) is 4.09. The molecule has 0 heterocycles. The summed E-state index contributed by atoms with van der Waals surface area (Å²) in [4.78, 5) is 22.4. The van der Waals surface area contributed by atoms with Gasteiger partial charge in [-0.05, 0) is 61.7 Å². The predicted molar refractivity (Wildman–Crippen MR) is 68.5 cm³/mol. The molecule has 0 aromatic carbocycles. The molecule has 0 radical (unpaired) electrons. The van der Waals surface area contributed by atoms with Gasteiger partial charge in [-0.3, -0.25) is 4.79 Å². The molecular weight excluding hydrogens is 244 g/mol. The monoisotopic (exact) mass is 264 g/mol. The zero-order chi connectivity index (χ0) is 13.8. The lowest BCUT2D eigenvalue weighted by Gasteiger charge is -2.59. The minimum absolute atomic E-state index is 0.0257. The third kappa shape index (κ3) is 1.97. The molecule has 0 aliphatic heterocycles. The summed E-state index contributed by atoms with van der Waals surface area (Å²) in [6.45, 7) is 3.67. The fourth-order valence-corrected chi connectivity index (χ4v) is 5.34. The number of carbonyl (C=O) groups is 2. The van der Waals surface area contributed by atoms with Crippen LogP contribution < -0.4 is 0 Å². The van der Waals surface area contributed by atoms with Crippen LogP contribution in [0.15, 0.2) is 12.2 Å². The minimum atomic E-state index is -0.912. The molecule has 2 unspecified atom stereocenters. The summed E-state index contributed by atoms with van der Waals surface area (Å²) in [5.74, 6) is -0.639. The molecule has 0 aromatic heterocycles. The van der Waals surface area contributed by atoms with Crippen molar-refractivity contribution in [3.63, 3.8) is 0 Å². The van der Waals surface area contributed by atoms with Crippen molar-refractivity contribution in [2.45, 2.75) is 38.5 Å². The fraction of sp³-hybridized carbons (Fsp3) is 0.733. The number of hydrogen-bond acceptors (Lipinski definition) is 2. The normalized spacial score (nSPS) is 43.2. The van der Waals surface area contributed by atoms with Crippen LogP contribution in [0, 0.1) is 29.1 Å². The molecule has 4 rings (SSSR count). The first-order valence-electron chi connectivity index (χ1n) is 7.04. The van der Waals surface area contributed by atoms with Gasteiger partial charge in [0.25, 0.3) is 0 Å². The van der Waals surface area contributed by atoms with Crippen LogP contribution in [0.2, 0.25) is 0 Å². The Morgan fingerprint density at radius 3 is 2.16 bits per heavy atom. The van der Waals surface area contributed by atoms with E-state index in [4.69, 9.17) is 5.11 Å². The Kier molecular flexibility index (Phi) is 2.73. The van der Waals surface area contributed by atoms with Gasteiger partial charge in [0.2, 0.25) is 0 Å². The van der Waals surface area contributed by atoms with Gasteiger partial charge in [-0.2, -0.15) is 0 Å². The lowest BCUT2D eigenvalue weighted by Crippen LogP contribution is -2.53. The quantitative estimate of drug-likeness (QED) is 0.765. The van der Waals surface area contributed by atoms with E-state index in [-0.39, 0.29) is 28.7 Å². The summed E-state index contributed by atoms with van der Waals surface area (Å²) < 4.78 is 0. The van der Waals surface area contributed by atoms with Crippen LogP contribution in [-0.2, 0) is 9.59 Å². The number of rotatable bonds is 4. The molecular formula is C15H20O4. The molecule has 0 aromatic rings. The molecule has 4 bridgehead atoms. The Labute approximate surface area is 112 Å². The Hall–Kier alpha value is -1.32. The van der Waals surface area contributed by atoms with Gasteiger partial charge in [-0.25, -0.2) is 4.79 Å². The maximum atomic E-state index is 11.4. The van der Waals surface area contributed by atoms with Gasteiger partial charge in [-0.1, -0.05) is 6.58 Å². The molecule has 4 fully saturated rings. The first-order valence-corrected chi connectivity index (χ1v) is 7.04. The van der Waals surface area contributed by atoms with Gasteiger partial charge in [0.1, 0.15) is 0 Å². The van der Waals surface area contributed by atoms with Crippen LogP contribution in [-0.4, -0.2) is 22.2 Å². The first kappa shape index (κ1) is 12.7. The summed E-state index contributed by atoms with van der Waals surface area (Å²) in [7, 11) is 0. The average molecular weight is 264 g/mol. The molecule has 104 valence electrons. The van der Waals surface area contributed by atoms with Gasteiger partial charge in [0, 0.05) is 5.57 Å². The van der Waals surface area contributed by atoms with Crippen molar-refractivity contribution in [2.75, 3.05) is 0 Å². The highest BCUT2D eigenvalue weighted by Crippen LogP contribution is 2.63. The van der Waals surface area contributed by atoms with Crippen molar-refractivity contribution in [1.82, 2.24) is 0 Å². The van der Waals surface area contributed by atoms with Crippen molar-refractivity contribution in [3.05, 3.63) is 12.2 Å². The van der Waals surface area contributed by atoms with E-state index in [9.17, 15) is 14.7 Å². The number of carboxylic acid groups (broad SMARTS) is 2. The van der Waals surface area contributed by atoms with E-state index in [0.717, 1.165) is 32.1 Å². The Morgan fingerprint density at radius 1 is 1.11 bits per heavy atom. The summed E-state index contributed by atoms with van der Waals surface area (Å²) in [5, 5.41) is 18.4. The summed E-state index contributed by atoms with van der Waals surface area (Å²) in [5.41, 5.74) is 0.312. The van der Waals surface area contributed by atoms with E-state index in [1.807, 2.05) is 0 Å². The fourth-order valence-electron chi connectivity index (χ4n) is 5.34. The van der Waals surface area contributed by atoms with Gasteiger partial charge in [0.15, 0.2) is 0 Å². The van der Waals surface area contributed by atoms with Crippen LogP contribution in [0.3, 0.4) is 0 Å². The van der Waals surface area contributed by atoms with E-state index >= 15 is 0 Å². The van der Waals surface area contributed by atoms with E-state index in [1.165, 1.54) is 0 Å². The predicted octanol–water partition coefficient (Wildman–Crippen LogP) is 2.54. The van der Waals surface area contributed by atoms with Gasteiger partial charge in [-0.15, -0.1) is 0 Å². The number of hydrogen-bond donors (Lipinski definition) is 2. The Bertz CT molecular complexity index is 437. The lowest BCUT2D eigenvalue weighted by atomic mass is 9.45. The first-order chi connectivity index (χ1) is 8.90. The van der Waals surface area contributed by atoms with Crippen molar-refractivity contribution in [3.8, 4) is 0 Å². The third-order valence-corrected chi connectivity index (χ3v) is 5.58. The Morgan fingerprint density at radius 2 is 1.68 bits per heavy atom. The molecule has 0 amide bonds. The van der Waals surface area contributed by atoms with Crippen molar-refractivity contribution < 1.29 is 19.8 Å². The number of aliphatic carboxylic acids is 2. The van der Waals surface area contributed by atoms with E-state index in [2.05, 4.69) is 6.58 Å². The van der Waals surface area contributed by atoms with Crippen LogP contribution in [0.25, 0.3) is 0 Å². The van der Waals surface area contributed by atoms with Crippen LogP contribution in [0.4, 0.5) is 0 Å². The largest absolute Gasteiger partial charge is 0.481 e. The van der Waals surface area contributed by atoms with Crippen molar-refractivity contribution in [1.29, 1.82) is 0 Å². The maximum absolute atomic E-state index is 11.4. The lowest BCUT2D eigenvalue weighted by molar-refractivity contribution is -0.163. The van der Waals surface area contributed by atoms with Crippen LogP contribution >= 0.6 is 0 Å². The van der Waals surface area contributed by atoms with Crippen LogP contribution in [0.5, 0.6) is 0 Å². The van der Waals surface area contributed by atoms with E-state index in [1.54, 1.807) is 0 Å². The van der Waals surface area contributed by atoms with Crippen molar-refractivity contribution in [2.24, 2.45) is 29.1 Å². The molecule has 0 saturated heterocycles. The molecule has 2 atom stereocenters. The molecule has 4 saturated carbocycles. The highest BCUT2D eigenvalue weighted by molar-refractivity contribution is 5.85. The third-order valence-electron chi connectivity index (χ3n) is 5.58. The molecule has 2 N–H and O–H groups in total. The topological polar surface area (TPSA) is 74.6 Å². The average Bonchev–Trinajstić information content (AvgIpc) is 2.25. The second-order valence-corrected chi connectivity index (χ2v) is 6.92. The minimum Gasteiger partial charge on any atom is -0.481 e. The van der Waals surface area contributed by atoms with E-state index in [0.29, 0.717) is 12.3 Å². The zero-order valence-electron chi connectivity index (χ0n) is 11.0. The Balaban J connectivity index is 1.82. The smallest absolute Gasteiger partial charge is 0.330 e. The summed E-state index contributed by atoms with van der Waals surface area (Å²) >= 11 is 0. The molecule has 0 spiro atoms. The molecule has 19 heavy (non-hydrogen) atoms. The maximum Gasteiger partial charge on any atom is 0.330 e. The van der Waals surface area contributed by atoms with Crippen LogP contribution in [0.1, 0.15) is 38.5 Å². The van der Waals surface area contributed by atoms with Gasteiger partial charge in [0.05, 0.1) is 5.92 Å². The number of carboxylic acids is 2. The summed E-state index contributed by atoms with van der Waals surface area (Å²) in [6, 6.07) is 0. The summed E-state index contributed by atoms with van der Waals surface area (Å²) in [6.07, 6.45) is 5.41. The molecule has 4 aliphatic carbocycles. The zero-order valence-corrected chi connectivity index (χ0v) is 11.0. The highest BCUT2D eigenvalue weighted by atomic mass is 16.4. The van der Waals surface area contributed by atoms with Gasteiger partial charge < -0.3 is 10.2 Å². The van der Waals surface area contributed by atoms with Crippen molar-refractivity contribution >= 4 is 11.9 Å². The van der Waals surface area contributed by atoms with Gasteiger partial charge >= 0.3 is 11.9 Å². The molecule has 4 nitrogen and oxygen atoms in total. The second-order valence-electron chi connectivity index (χ2n) is 6.92. The SMILES string of the molecule is C=C(CC12CC3CC(C1)C(C(=O)O)C(C3)C2)C(=O)O. The standard InChI is InChI=1S/C15H20O4/c1-8(13(16)17)4-15-5-9-2-10(6-15)12(14(18)19)11(3-9)7-15/h9-12H,1-7H2,(H,16,17)(H,18,19). The molecule has 4 heteroatoms.